The Morgan fingerprint density at radius 2 is 2.14 bits per heavy atom. The maximum atomic E-state index is 5.73. The molecule has 0 saturated carbocycles. The van der Waals surface area contributed by atoms with Gasteiger partial charge in [0.2, 0.25) is 0 Å². The molecule has 2 aromatic rings. The van der Waals surface area contributed by atoms with E-state index in [1.165, 1.54) is 11.1 Å². The molecule has 3 rings (SSSR count). The van der Waals surface area contributed by atoms with Crippen LogP contribution in [0.2, 0.25) is 0 Å². The Balaban J connectivity index is 1.80. The number of fused-ring (bicyclic) bond motifs is 1. The van der Waals surface area contributed by atoms with E-state index in [9.17, 15) is 0 Å². The minimum Gasteiger partial charge on any atom is -0.493 e. The highest BCUT2D eigenvalue weighted by Crippen LogP contribution is 2.32. The Kier molecular flexibility index (Phi) is 4.07. The fraction of sp³-hybridized carbons (Fsp3) is 0.471. The summed E-state index contributed by atoms with van der Waals surface area (Å²) in [5.41, 5.74) is 3.59. The highest BCUT2D eigenvalue weighted by molar-refractivity contribution is 5.49. The van der Waals surface area contributed by atoms with E-state index in [0.717, 1.165) is 36.8 Å². The van der Waals surface area contributed by atoms with Gasteiger partial charge in [0.15, 0.2) is 0 Å². The lowest BCUT2D eigenvalue weighted by Gasteiger charge is -2.27. The predicted molar refractivity (Wildman–Crippen MR) is 88.4 cm³/mol. The third-order valence-electron chi connectivity index (χ3n) is 4.22. The largest absolute Gasteiger partial charge is 0.493 e. The van der Waals surface area contributed by atoms with Crippen LogP contribution in [0.15, 0.2) is 24.3 Å². The van der Waals surface area contributed by atoms with Crippen molar-refractivity contribution in [2.45, 2.75) is 25.9 Å². The molecule has 5 heteroatoms. The van der Waals surface area contributed by atoms with Gasteiger partial charge in [-0.3, -0.25) is 4.68 Å². The van der Waals surface area contributed by atoms with E-state index in [-0.39, 0.29) is 0 Å². The van der Waals surface area contributed by atoms with Crippen molar-refractivity contribution < 1.29 is 4.74 Å². The highest BCUT2D eigenvalue weighted by atomic mass is 16.5. The van der Waals surface area contributed by atoms with E-state index in [1.807, 2.05) is 23.9 Å². The summed E-state index contributed by atoms with van der Waals surface area (Å²) in [7, 11) is 6.11. The standard InChI is InChI=1S/C17H24N4O/c1-12-14(17(20(2)3)21(4)19-12)11-18-15-9-10-22-16-8-6-5-7-13(15)16/h5-8,15,18H,9-11H2,1-4H3/t15-/m0/s1. The Morgan fingerprint density at radius 1 is 1.36 bits per heavy atom. The minimum absolute atomic E-state index is 0.333. The van der Waals surface area contributed by atoms with Gasteiger partial charge in [-0.05, 0) is 13.0 Å². The van der Waals surface area contributed by atoms with Gasteiger partial charge >= 0.3 is 0 Å². The zero-order valence-electron chi connectivity index (χ0n) is 13.8. The Labute approximate surface area is 131 Å². The van der Waals surface area contributed by atoms with Gasteiger partial charge < -0.3 is 15.0 Å². The molecule has 0 unspecified atom stereocenters. The van der Waals surface area contributed by atoms with Gasteiger partial charge in [-0.15, -0.1) is 0 Å². The van der Waals surface area contributed by atoms with Crippen LogP contribution in [0, 0.1) is 6.92 Å². The molecule has 5 nitrogen and oxygen atoms in total. The van der Waals surface area contributed by atoms with Crippen LogP contribution in [0.1, 0.15) is 29.3 Å². The fourth-order valence-corrected chi connectivity index (χ4v) is 3.24. The van der Waals surface area contributed by atoms with E-state index in [0.29, 0.717) is 6.04 Å². The normalized spacial score (nSPS) is 17.0. The maximum absolute atomic E-state index is 5.73. The molecule has 0 spiro atoms. The molecular weight excluding hydrogens is 276 g/mol. The van der Waals surface area contributed by atoms with Crippen LogP contribution < -0.4 is 15.0 Å². The van der Waals surface area contributed by atoms with Crippen LogP contribution in [0.25, 0.3) is 0 Å². The number of para-hydroxylation sites is 1. The molecule has 0 fully saturated rings. The first-order valence-corrected chi connectivity index (χ1v) is 7.73. The predicted octanol–water partition coefficient (Wildman–Crippen LogP) is 2.41. The first-order valence-electron chi connectivity index (χ1n) is 7.73. The maximum Gasteiger partial charge on any atom is 0.130 e. The monoisotopic (exact) mass is 300 g/mol. The van der Waals surface area contributed by atoms with Crippen molar-refractivity contribution in [2.24, 2.45) is 7.05 Å². The molecule has 1 N–H and O–H groups in total. The van der Waals surface area contributed by atoms with Crippen LogP contribution in [-0.2, 0) is 13.6 Å². The number of hydrogen-bond acceptors (Lipinski definition) is 4. The van der Waals surface area contributed by atoms with Crippen LogP contribution >= 0.6 is 0 Å². The number of nitrogens with zero attached hydrogens (tertiary/aromatic N) is 3. The molecule has 1 aliphatic rings. The summed E-state index contributed by atoms with van der Waals surface area (Å²) in [6.07, 6.45) is 0.994. The number of aromatic nitrogens is 2. The molecule has 118 valence electrons. The van der Waals surface area contributed by atoms with E-state index in [1.54, 1.807) is 0 Å². The topological polar surface area (TPSA) is 42.3 Å². The highest BCUT2D eigenvalue weighted by Gasteiger charge is 2.22. The van der Waals surface area contributed by atoms with E-state index < -0.39 is 0 Å². The molecule has 1 aromatic carbocycles. The molecule has 0 radical (unpaired) electrons. The smallest absolute Gasteiger partial charge is 0.130 e. The van der Waals surface area contributed by atoms with Gasteiger partial charge in [0.05, 0.1) is 12.3 Å². The number of nitrogens with one attached hydrogen (secondary N) is 1. The second kappa shape index (κ2) is 6.01. The lowest BCUT2D eigenvalue weighted by molar-refractivity contribution is 0.252. The first-order chi connectivity index (χ1) is 10.6. The van der Waals surface area contributed by atoms with Gasteiger partial charge in [0.25, 0.3) is 0 Å². The molecular formula is C17H24N4O. The molecule has 0 amide bonds. The minimum atomic E-state index is 0.333. The third-order valence-corrected chi connectivity index (χ3v) is 4.22. The van der Waals surface area contributed by atoms with Crippen LogP contribution in [0.4, 0.5) is 5.82 Å². The summed E-state index contributed by atoms with van der Waals surface area (Å²) in [5.74, 6) is 2.16. The Bertz CT molecular complexity index is 663. The van der Waals surface area contributed by atoms with Gasteiger partial charge in [-0.25, -0.2) is 0 Å². The third kappa shape index (κ3) is 2.68. The summed E-state index contributed by atoms with van der Waals surface area (Å²) in [6, 6.07) is 8.62. The molecule has 1 aliphatic heterocycles. The summed E-state index contributed by atoms with van der Waals surface area (Å²) in [6.45, 7) is 3.65. The molecule has 1 atom stereocenters. The zero-order valence-corrected chi connectivity index (χ0v) is 13.8. The number of anilines is 1. The van der Waals surface area contributed by atoms with Crippen molar-refractivity contribution in [1.82, 2.24) is 15.1 Å². The van der Waals surface area contributed by atoms with Crippen molar-refractivity contribution in [3.63, 3.8) is 0 Å². The van der Waals surface area contributed by atoms with E-state index >= 15 is 0 Å². The quantitative estimate of drug-likeness (QED) is 0.941. The van der Waals surface area contributed by atoms with Crippen molar-refractivity contribution in [3.05, 3.63) is 41.1 Å². The molecule has 0 saturated heterocycles. The van der Waals surface area contributed by atoms with Crippen molar-refractivity contribution >= 4 is 5.82 Å². The van der Waals surface area contributed by atoms with Crippen LogP contribution in [-0.4, -0.2) is 30.5 Å². The summed E-state index contributed by atoms with van der Waals surface area (Å²) in [4.78, 5) is 2.12. The first kappa shape index (κ1) is 14.9. The van der Waals surface area contributed by atoms with Gasteiger partial charge in [0.1, 0.15) is 11.6 Å². The SMILES string of the molecule is Cc1nn(C)c(N(C)C)c1CN[C@H]1CCOc2ccccc21. The average Bonchev–Trinajstić information content (AvgIpc) is 2.79. The van der Waals surface area contributed by atoms with Crippen molar-refractivity contribution in [1.29, 1.82) is 0 Å². The lowest BCUT2D eigenvalue weighted by Crippen LogP contribution is -2.27. The van der Waals surface area contributed by atoms with Gasteiger partial charge in [0, 0.05) is 51.3 Å². The van der Waals surface area contributed by atoms with Crippen LogP contribution in [0.3, 0.4) is 0 Å². The lowest BCUT2D eigenvalue weighted by atomic mass is 10.0. The van der Waals surface area contributed by atoms with Crippen LogP contribution in [0.5, 0.6) is 5.75 Å². The number of aryl methyl sites for hydroxylation is 2. The molecule has 0 bridgehead atoms. The van der Waals surface area contributed by atoms with E-state index in [4.69, 9.17) is 4.74 Å². The molecule has 0 aliphatic carbocycles. The Hall–Kier alpha value is -2.01. The van der Waals surface area contributed by atoms with Crippen molar-refractivity contribution in [3.8, 4) is 5.75 Å². The van der Waals surface area contributed by atoms with Crippen molar-refractivity contribution in [2.75, 3.05) is 25.6 Å². The summed E-state index contributed by atoms with van der Waals surface area (Å²) < 4.78 is 7.68. The van der Waals surface area contributed by atoms with E-state index in [2.05, 4.69) is 48.5 Å². The summed E-state index contributed by atoms with van der Waals surface area (Å²) in [5, 5.41) is 8.23. The molecule has 2 heterocycles. The number of ether oxygens (including phenoxy) is 1. The molecule has 22 heavy (non-hydrogen) atoms. The molecule has 1 aromatic heterocycles. The van der Waals surface area contributed by atoms with Gasteiger partial charge in [-0.1, -0.05) is 18.2 Å². The fourth-order valence-electron chi connectivity index (χ4n) is 3.24. The number of benzene rings is 1. The Morgan fingerprint density at radius 3 is 2.91 bits per heavy atom. The average molecular weight is 300 g/mol. The second-order valence-electron chi connectivity index (χ2n) is 6.01. The number of rotatable bonds is 4. The second-order valence-corrected chi connectivity index (χ2v) is 6.01. The summed E-state index contributed by atoms with van der Waals surface area (Å²) >= 11 is 0. The zero-order chi connectivity index (χ0) is 15.7. The van der Waals surface area contributed by atoms with Gasteiger partial charge in [-0.2, -0.15) is 5.10 Å². The number of hydrogen-bond donors (Lipinski definition) is 1.